The van der Waals surface area contributed by atoms with Crippen LogP contribution >= 0.6 is 0 Å². The minimum Gasteiger partial charge on any atom is -0.478 e. The molecule has 0 aliphatic carbocycles. The maximum atomic E-state index is 12.8. The molecule has 0 aromatic heterocycles. The van der Waals surface area contributed by atoms with Crippen molar-refractivity contribution in [3.05, 3.63) is 83.4 Å². The van der Waals surface area contributed by atoms with Gasteiger partial charge >= 0.3 is 12.1 Å². The lowest BCUT2D eigenvalue weighted by atomic mass is 9.95. The molecule has 8 heteroatoms. The lowest BCUT2D eigenvalue weighted by Gasteiger charge is -2.23. The largest absolute Gasteiger partial charge is 0.478 e. The van der Waals surface area contributed by atoms with Gasteiger partial charge in [0.15, 0.2) is 5.60 Å². The topological polar surface area (TPSA) is 75.6 Å². The molecule has 3 aromatic carbocycles. The first-order chi connectivity index (χ1) is 16.8. The molecular formula is C28H28F3NO4. The molecule has 3 aromatic rings. The van der Waals surface area contributed by atoms with Crippen LogP contribution in [0.3, 0.4) is 0 Å². The van der Waals surface area contributed by atoms with E-state index < -0.39 is 23.3 Å². The number of rotatable bonds is 8. The van der Waals surface area contributed by atoms with Crippen molar-refractivity contribution < 1.29 is 32.6 Å². The van der Waals surface area contributed by atoms with Crippen LogP contribution in [-0.4, -0.2) is 22.6 Å². The van der Waals surface area contributed by atoms with Gasteiger partial charge in [-0.05, 0) is 79.3 Å². The molecule has 36 heavy (non-hydrogen) atoms. The predicted molar refractivity (Wildman–Crippen MR) is 132 cm³/mol. The van der Waals surface area contributed by atoms with Crippen LogP contribution in [0.4, 0.5) is 18.9 Å². The highest BCUT2D eigenvalue weighted by atomic mass is 19.4. The number of carboxylic acids is 1. The van der Waals surface area contributed by atoms with Gasteiger partial charge in [-0.2, -0.15) is 13.2 Å². The summed E-state index contributed by atoms with van der Waals surface area (Å²) >= 11 is 0. The summed E-state index contributed by atoms with van der Waals surface area (Å²) in [6.07, 6.45) is -4.16. The van der Waals surface area contributed by atoms with Crippen LogP contribution in [0.25, 0.3) is 11.1 Å². The molecule has 0 fully saturated rings. The van der Waals surface area contributed by atoms with Crippen molar-refractivity contribution in [2.24, 2.45) is 0 Å². The number of nitrogens with one attached hydrogen (secondary N) is 1. The van der Waals surface area contributed by atoms with Gasteiger partial charge in [0, 0.05) is 12.1 Å². The number of anilines is 1. The van der Waals surface area contributed by atoms with E-state index in [1.54, 1.807) is 30.3 Å². The molecule has 0 spiro atoms. The highest BCUT2D eigenvalue weighted by molar-refractivity contribution is 5.91. The van der Waals surface area contributed by atoms with Gasteiger partial charge in [0.25, 0.3) is 0 Å². The average molecular weight is 500 g/mol. The molecule has 5 nitrogen and oxygen atoms in total. The zero-order chi connectivity index (χ0) is 26.7. The third-order valence-electron chi connectivity index (χ3n) is 5.85. The Bertz CT molecular complexity index is 1230. The third-order valence-corrected chi connectivity index (χ3v) is 5.85. The summed E-state index contributed by atoms with van der Waals surface area (Å²) in [4.78, 5) is 23.9. The SMILES string of the molecule is Cc1cc(C(C)CC(=O)Nc2ccc(-c3ccc(C(F)(F)F)cc3)cc2)ccc1OC(C)(C)C(=O)O. The molecule has 1 atom stereocenters. The fourth-order valence-corrected chi connectivity index (χ4v) is 3.62. The number of ether oxygens (including phenoxy) is 1. The van der Waals surface area contributed by atoms with Crippen LogP contribution in [-0.2, 0) is 15.8 Å². The van der Waals surface area contributed by atoms with Crippen LogP contribution in [0.15, 0.2) is 66.7 Å². The van der Waals surface area contributed by atoms with Crippen LogP contribution in [0, 0.1) is 6.92 Å². The zero-order valence-electron chi connectivity index (χ0n) is 20.4. The Hall–Kier alpha value is -3.81. The van der Waals surface area contributed by atoms with Crippen LogP contribution in [0.5, 0.6) is 5.75 Å². The molecule has 2 N–H and O–H groups in total. The predicted octanol–water partition coefficient (Wildman–Crippen LogP) is 7.06. The number of amides is 1. The normalized spacial score (nSPS) is 12.6. The second-order valence-corrected chi connectivity index (χ2v) is 9.25. The van der Waals surface area contributed by atoms with E-state index in [-0.39, 0.29) is 18.2 Å². The fraction of sp³-hybridized carbons (Fsp3) is 0.286. The summed E-state index contributed by atoms with van der Waals surface area (Å²) in [6.45, 7) is 6.70. The molecule has 0 bridgehead atoms. The fourth-order valence-electron chi connectivity index (χ4n) is 3.62. The summed E-state index contributed by atoms with van der Waals surface area (Å²) in [6, 6.07) is 17.2. The molecule has 0 aliphatic heterocycles. The van der Waals surface area contributed by atoms with Gasteiger partial charge in [-0.25, -0.2) is 4.79 Å². The van der Waals surface area contributed by atoms with E-state index in [2.05, 4.69) is 5.32 Å². The molecule has 1 unspecified atom stereocenters. The van der Waals surface area contributed by atoms with E-state index in [1.165, 1.54) is 26.0 Å². The van der Waals surface area contributed by atoms with E-state index in [0.29, 0.717) is 17.0 Å². The standard InChI is InChI=1S/C28H28F3NO4/c1-17(21-9-14-24(18(2)15-21)36-27(3,4)26(34)35)16-25(33)32-23-12-7-20(8-13-23)19-5-10-22(11-6-19)28(29,30)31/h5-15,17H,16H2,1-4H3,(H,32,33)(H,34,35). The Kier molecular flexibility index (Phi) is 7.77. The number of carbonyl (C=O) groups excluding carboxylic acids is 1. The maximum Gasteiger partial charge on any atom is 0.416 e. The summed E-state index contributed by atoms with van der Waals surface area (Å²) in [7, 11) is 0. The molecule has 190 valence electrons. The number of aliphatic carboxylic acids is 1. The summed E-state index contributed by atoms with van der Waals surface area (Å²) in [5, 5.41) is 12.1. The molecule has 0 saturated carbocycles. The van der Waals surface area contributed by atoms with Crippen molar-refractivity contribution in [1.82, 2.24) is 0 Å². The number of carboxylic acid groups (broad SMARTS) is 1. The number of benzene rings is 3. The van der Waals surface area contributed by atoms with Crippen molar-refractivity contribution in [3.63, 3.8) is 0 Å². The Balaban J connectivity index is 1.60. The van der Waals surface area contributed by atoms with Gasteiger partial charge in [-0.1, -0.05) is 43.3 Å². The van der Waals surface area contributed by atoms with Gasteiger partial charge < -0.3 is 15.2 Å². The molecule has 1 amide bonds. The Morgan fingerprint density at radius 1 is 0.944 bits per heavy atom. The van der Waals surface area contributed by atoms with E-state index >= 15 is 0 Å². The van der Waals surface area contributed by atoms with E-state index in [0.717, 1.165) is 28.8 Å². The third kappa shape index (κ3) is 6.65. The van der Waals surface area contributed by atoms with Gasteiger partial charge in [0.05, 0.1) is 5.56 Å². The first-order valence-electron chi connectivity index (χ1n) is 11.4. The van der Waals surface area contributed by atoms with Crippen molar-refractivity contribution in [3.8, 4) is 16.9 Å². The second-order valence-electron chi connectivity index (χ2n) is 9.25. The Morgan fingerprint density at radius 3 is 2.00 bits per heavy atom. The number of hydrogen-bond acceptors (Lipinski definition) is 3. The number of carbonyl (C=O) groups is 2. The van der Waals surface area contributed by atoms with E-state index in [1.807, 2.05) is 26.0 Å². The molecule has 0 heterocycles. The summed E-state index contributed by atoms with van der Waals surface area (Å²) in [5.74, 6) is -0.884. The Morgan fingerprint density at radius 2 is 1.50 bits per heavy atom. The van der Waals surface area contributed by atoms with Gasteiger partial charge in [0.1, 0.15) is 5.75 Å². The molecule has 0 aliphatic rings. The Labute approximate surface area is 207 Å². The minimum atomic E-state index is -4.38. The highest BCUT2D eigenvalue weighted by Gasteiger charge is 2.30. The smallest absolute Gasteiger partial charge is 0.416 e. The number of alkyl halides is 3. The molecule has 3 rings (SSSR count). The van der Waals surface area contributed by atoms with Crippen LogP contribution in [0.2, 0.25) is 0 Å². The number of halogens is 3. The van der Waals surface area contributed by atoms with Crippen LogP contribution < -0.4 is 10.1 Å². The summed E-state index contributed by atoms with van der Waals surface area (Å²) in [5.41, 5.74) is 1.58. The number of aryl methyl sites for hydroxylation is 1. The molecule has 0 saturated heterocycles. The lowest BCUT2D eigenvalue weighted by Crippen LogP contribution is -2.38. The first-order valence-corrected chi connectivity index (χ1v) is 11.4. The second kappa shape index (κ2) is 10.4. The highest BCUT2D eigenvalue weighted by Crippen LogP contribution is 2.32. The zero-order valence-corrected chi connectivity index (χ0v) is 20.4. The number of hydrogen-bond donors (Lipinski definition) is 2. The van der Waals surface area contributed by atoms with Gasteiger partial charge in [0.2, 0.25) is 5.91 Å². The molecular weight excluding hydrogens is 471 g/mol. The van der Waals surface area contributed by atoms with Crippen molar-refractivity contribution in [2.45, 2.75) is 51.8 Å². The maximum absolute atomic E-state index is 12.8. The minimum absolute atomic E-state index is 0.100. The van der Waals surface area contributed by atoms with Gasteiger partial charge in [-0.15, -0.1) is 0 Å². The first kappa shape index (κ1) is 26.8. The average Bonchev–Trinajstić information content (AvgIpc) is 2.80. The van der Waals surface area contributed by atoms with Crippen molar-refractivity contribution >= 4 is 17.6 Å². The lowest BCUT2D eigenvalue weighted by molar-refractivity contribution is -0.152. The van der Waals surface area contributed by atoms with Crippen molar-refractivity contribution in [1.29, 1.82) is 0 Å². The summed E-state index contributed by atoms with van der Waals surface area (Å²) < 4.78 is 43.9. The van der Waals surface area contributed by atoms with E-state index in [9.17, 15) is 27.9 Å². The van der Waals surface area contributed by atoms with E-state index in [4.69, 9.17) is 4.74 Å². The molecule has 0 radical (unpaired) electrons. The van der Waals surface area contributed by atoms with Crippen molar-refractivity contribution in [2.75, 3.05) is 5.32 Å². The van der Waals surface area contributed by atoms with Crippen LogP contribution in [0.1, 0.15) is 49.8 Å². The van der Waals surface area contributed by atoms with Gasteiger partial charge in [-0.3, -0.25) is 4.79 Å². The monoisotopic (exact) mass is 499 g/mol. The quantitative estimate of drug-likeness (QED) is 0.348.